The Balaban J connectivity index is 2.09. The Morgan fingerprint density at radius 2 is 1.75 bits per heavy atom. The number of aryl methyl sites for hydroxylation is 1. The quantitative estimate of drug-likeness (QED) is 0.708. The van der Waals surface area contributed by atoms with Crippen LogP contribution in [0.1, 0.15) is 21.6 Å². The summed E-state index contributed by atoms with van der Waals surface area (Å²) in [5.74, 6) is 0.0580. The number of rotatable bonds is 3. The standard InChI is InChI=1S/C17H16N2O/c1-11-16(14-5-3-4-6-15(14)19-11)17(20)12-7-9-13(18-2)10-8-12/h3-10,18-19H,1-2H3. The number of anilines is 1. The van der Waals surface area contributed by atoms with Crippen molar-refractivity contribution in [2.75, 3.05) is 12.4 Å². The molecular weight excluding hydrogens is 248 g/mol. The van der Waals surface area contributed by atoms with Gasteiger partial charge in [0, 0.05) is 34.9 Å². The van der Waals surface area contributed by atoms with Crippen LogP contribution in [-0.4, -0.2) is 17.8 Å². The third-order valence-electron chi connectivity index (χ3n) is 3.56. The molecule has 3 nitrogen and oxygen atoms in total. The lowest BCUT2D eigenvalue weighted by Crippen LogP contribution is -2.02. The first kappa shape index (κ1) is 12.5. The van der Waals surface area contributed by atoms with E-state index < -0.39 is 0 Å². The third kappa shape index (κ3) is 1.97. The van der Waals surface area contributed by atoms with Gasteiger partial charge < -0.3 is 10.3 Å². The van der Waals surface area contributed by atoms with Gasteiger partial charge in [0.1, 0.15) is 0 Å². The maximum absolute atomic E-state index is 12.7. The Kier molecular flexibility index (Phi) is 3.03. The van der Waals surface area contributed by atoms with Crippen LogP contribution in [0.2, 0.25) is 0 Å². The number of aromatic nitrogens is 1. The van der Waals surface area contributed by atoms with Gasteiger partial charge in [-0.1, -0.05) is 18.2 Å². The van der Waals surface area contributed by atoms with Crippen LogP contribution in [0.25, 0.3) is 10.9 Å². The summed E-state index contributed by atoms with van der Waals surface area (Å²) >= 11 is 0. The number of hydrogen-bond donors (Lipinski definition) is 2. The van der Waals surface area contributed by atoms with Crippen molar-refractivity contribution in [3.63, 3.8) is 0 Å². The van der Waals surface area contributed by atoms with Crippen LogP contribution in [-0.2, 0) is 0 Å². The number of hydrogen-bond acceptors (Lipinski definition) is 2. The van der Waals surface area contributed by atoms with Gasteiger partial charge in [-0.05, 0) is 37.3 Å². The molecule has 0 fully saturated rings. The molecule has 1 heterocycles. The lowest BCUT2D eigenvalue weighted by molar-refractivity contribution is 0.104. The molecule has 0 atom stereocenters. The van der Waals surface area contributed by atoms with Crippen LogP contribution >= 0.6 is 0 Å². The van der Waals surface area contributed by atoms with Crippen molar-refractivity contribution >= 4 is 22.4 Å². The average molecular weight is 264 g/mol. The number of benzene rings is 2. The predicted molar refractivity (Wildman–Crippen MR) is 82.5 cm³/mol. The summed E-state index contributed by atoms with van der Waals surface area (Å²) in [6, 6.07) is 15.4. The Morgan fingerprint density at radius 3 is 2.45 bits per heavy atom. The van der Waals surface area contributed by atoms with E-state index in [0.717, 1.165) is 27.8 Å². The Hall–Kier alpha value is -2.55. The van der Waals surface area contributed by atoms with E-state index >= 15 is 0 Å². The summed E-state index contributed by atoms with van der Waals surface area (Å²) in [6.45, 7) is 1.94. The molecule has 3 aromatic rings. The summed E-state index contributed by atoms with van der Waals surface area (Å²) in [6.07, 6.45) is 0. The Morgan fingerprint density at radius 1 is 1.05 bits per heavy atom. The maximum Gasteiger partial charge on any atom is 0.195 e. The van der Waals surface area contributed by atoms with Gasteiger partial charge in [-0.15, -0.1) is 0 Å². The zero-order valence-corrected chi connectivity index (χ0v) is 11.5. The van der Waals surface area contributed by atoms with E-state index in [0.29, 0.717) is 5.56 Å². The molecule has 0 saturated heterocycles. The van der Waals surface area contributed by atoms with Crippen molar-refractivity contribution < 1.29 is 4.79 Å². The van der Waals surface area contributed by atoms with Gasteiger partial charge in [0.25, 0.3) is 0 Å². The van der Waals surface area contributed by atoms with Gasteiger partial charge in [-0.25, -0.2) is 0 Å². The van der Waals surface area contributed by atoms with E-state index in [1.54, 1.807) is 0 Å². The Bertz CT molecular complexity index is 769. The first-order valence-electron chi connectivity index (χ1n) is 6.60. The number of carbonyl (C=O) groups is 1. The minimum Gasteiger partial charge on any atom is -0.388 e. The second-order valence-corrected chi connectivity index (χ2v) is 4.83. The second kappa shape index (κ2) is 4.85. The fourth-order valence-corrected chi connectivity index (χ4v) is 2.50. The molecule has 100 valence electrons. The summed E-state index contributed by atoms with van der Waals surface area (Å²) in [5.41, 5.74) is 4.38. The van der Waals surface area contributed by atoms with Gasteiger partial charge in [0.05, 0.1) is 5.56 Å². The zero-order valence-electron chi connectivity index (χ0n) is 11.5. The number of fused-ring (bicyclic) bond motifs is 1. The molecule has 0 radical (unpaired) electrons. The highest BCUT2D eigenvalue weighted by molar-refractivity contribution is 6.17. The molecule has 2 N–H and O–H groups in total. The lowest BCUT2D eigenvalue weighted by atomic mass is 10.0. The SMILES string of the molecule is CNc1ccc(C(=O)c2c(C)[nH]c3ccccc23)cc1. The van der Waals surface area contributed by atoms with E-state index in [4.69, 9.17) is 0 Å². The molecule has 3 heteroatoms. The molecule has 0 saturated carbocycles. The highest BCUT2D eigenvalue weighted by Gasteiger charge is 2.17. The Labute approximate surface area is 117 Å². The van der Waals surface area contributed by atoms with Crippen LogP contribution in [0.5, 0.6) is 0 Å². The van der Waals surface area contributed by atoms with E-state index in [1.165, 1.54) is 0 Å². The molecule has 0 bridgehead atoms. The number of para-hydroxylation sites is 1. The second-order valence-electron chi connectivity index (χ2n) is 4.83. The minimum absolute atomic E-state index is 0.0580. The highest BCUT2D eigenvalue weighted by Crippen LogP contribution is 2.25. The van der Waals surface area contributed by atoms with Crippen molar-refractivity contribution in [1.82, 2.24) is 4.98 Å². The summed E-state index contributed by atoms with van der Waals surface area (Å²) in [7, 11) is 1.86. The first-order chi connectivity index (χ1) is 9.70. The topological polar surface area (TPSA) is 44.9 Å². The summed E-state index contributed by atoms with van der Waals surface area (Å²) in [5, 5.41) is 4.03. The van der Waals surface area contributed by atoms with E-state index in [9.17, 15) is 4.79 Å². The van der Waals surface area contributed by atoms with E-state index in [-0.39, 0.29) is 5.78 Å². The third-order valence-corrected chi connectivity index (χ3v) is 3.56. The largest absolute Gasteiger partial charge is 0.388 e. The number of ketones is 1. The lowest BCUT2D eigenvalue weighted by Gasteiger charge is -2.04. The fourth-order valence-electron chi connectivity index (χ4n) is 2.50. The smallest absolute Gasteiger partial charge is 0.195 e. The molecule has 1 aromatic heterocycles. The number of aromatic amines is 1. The van der Waals surface area contributed by atoms with Crippen LogP contribution < -0.4 is 5.32 Å². The molecular formula is C17H16N2O. The number of nitrogens with one attached hydrogen (secondary N) is 2. The van der Waals surface area contributed by atoms with Gasteiger partial charge >= 0.3 is 0 Å². The van der Waals surface area contributed by atoms with Gasteiger partial charge in [0.2, 0.25) is 0 Å². The average Bonchev–Trinajstić information content (AvgIpc) is 2.82. The van der Waals surface area contributed by atoms with Gasteiger partial charge in [-0.2, -0.15) is 0 Å². The van der Waals surface area contributed by atoms with Crippen molar-refractivity contribution in [3.05, 3.63) is 65.4 Å². The van der Waals surface area contributed by atoms with E-state index in [1.807, 2.05) is 62.5 Å². The first-order valence-corrected chi connectivity index (χ1v) is 6.60. The van der Waals surface area contributed by atoms with Gasteiger partial charge in [-0.3, -0.25) is 4.79 Å². The monoisotopic (exact) mass is 264 g/mol. The zero-order chi connectivity index (χ0) is 14.1. The van der Waals surface area contributed by atoms with Crippen molar-refractivity contribution in [2.45, 2.75) is 6.92 Å². The molecule has 20 heavy (non-hydrogen) atoms. The number of H-pyrrole nitrogens is 1. The molecule has 0 aliphatic heterocycles. The predicted octanol–water partition coefficient (Wildman–Crippen LogP) is 3.75. The van der Waals surface area contributed by atoms with Crippen molar-refractivity contribution in [2.24, 2.45) is 0 Å². The molecule has 0 spiro atoms. The summed E-state index contributed by atoms with van der Waals surface area (Å²) < 4.78 is 0. The maximum atomic E-state index is 12.7. The molecule has 0 aliphatic rings. The van der Waals surface area contributed by atoms with E-state index in [2.05, 4.69) is 10.3 Å². The number of carbonyl (C=O) groups excluding carboxylic acids is 1. The normalized spacial score (nSPS) is 10.7. The van der Waals surface area contributed by atoms with Crippen molar-refractivity contribution in [3.8, 4) is 0 Å². The van der Waals surface area contributed by atoms with Crippen LogP contribution in [0, 0.1) is 6.92 Å². The molecule has 0 amide bonds. The molecule has 0 aliphatic carbocycles. The van der Waals surface area contributed by atoms with Crippen LogP contribution in [0.3, 0.4) is 0 Å². The molecule has 3 rings (SSSR count). The van der Waals surface area contributed by atoms with Crippen LogP contribution in [0.15, 0.2) is 48.5 Å². The van der Waals surface area contributed by atoms with Crippen LogP contribution in [0.4, 0.5) is 5.69 Å². The molecule has 0 unspecified atom stereocenters. The minimum atomic E-state index is 0.0580. The van der Waals surface area contributed by atoms with Gasteiger partial charge in [0.15, 0.2) is 5.78 Å². The highest BCUT2D eigenvalue weighted by atomic mass is 16.1. The van der Waals surface area contributed by atoms with Crippen molar-refractivity contribution in [1.29, 1.82) is 0 Å². The fraction of sp³-hybridized carbons (Fsp3) is 0.118. The summed E-state index contributed by atoms with van der Waals surface area (Å²) in [4.78, 5) is 16.0. The molecule has 2 aromatic carbocycles.